The number of ether oxygens (including phenoxy) is 2. The lowest BCUT2D eigenvalue weighted by molar-refractivity contribution is 0.103. The molecule has 0 spiro atoms. The van der Waals surface area contributed by atoms with E-state index in [0.717, 1.165) is 49.2 Å². The van der Waals surface area contributed by atoms with Gasteiger partial charge >= 0.3 is 0 Å². The molecule has 3 nitrogen and oxygen atoms in total. The molecule has 1 fully saturated rings. The predicted octanol–water partition coefficient (Wildman–Crippen LogP) is 3.82. The maximum Gasteiger partial charge on any atom is 0.125 e. The fourth-order valence-electron chi connectivity index (χ4n) is 3.05. The molecular weight excluding hydrogens is 318 g/mol. The molecule has 2 aliphatic rings. The van der Waals surface area contributed by atoms with Gasteiger partial charge in [-0.05, 0) is 50.8 Å². The zero-order valence-corrected chi connectivity index (χ0v) is 13.3. The molecule has 4 heteroatoms. The fourth-order valence-corrected chi connectivity index (χ4v) is 3.39. The van der Waals surface area contributed by atoms with Gasteiger partial charge in [-0.1, -0.05) is 22.0 Å². The van der Waals surface area contributed by atoms with Gasteiger partial charge in [-0.2, -0.15) is 0 Å². The first-order chi connectivity index (χ1) is 9.83. The Balaban J connectivity index is 1.60. The number of rotatable bonds is 4. The Kier molecular flexibility index (Phi) is 4.97. The van der Waals surface area contributed by atoms with Crippen molar-refractivity contribution in [2.45, 2.75) is 44.2 Å². The molecule has 2 heterocycles. The van der Waals surface area contributed by atoms with E-state index in [1.165, 1.54) is 18.4 Å². The molecule has 0 aliphatic carbocycles. The lowest BCUT2D eigenvalue weighted by Crippen LogP contribution is -2.25. The first kappa shape index (κ1) is 14.4. The number of nitrogens with one attached hydrogen (secondary N) is 1. The molecule has 0 aromatic heterocycles. The van der Waals surface area contributed by atoms with Crippen molar-refractivity contribution < 1.29 is 9.47 Å². The number of benzene rings is 1. The minimum Gasteiger partial charge on any atom is -0.493 e. The molecule has 2 unspecified atom stereocenters. The van der Waals surface area contributed by atoms with Crippen molar-refractivity contribution in [3.8, 4) is 5.75 Å². The first-order valence-electron chi connectivity index (χ1n) is 7.60. The Morgan fingerprint density at radius 1 is 1.20 bits per heavy atom. The molecule has 1 aromatic carbocycles. The molecule has 0 amide bonds. The van der Waals surface area contributed by atoms with Gasteiger partial charge in [0.2, 0.25) is 0 Å². The summed E-state index contributed by atoms with van der Waals surface area (Å²) in [7, 11) is 0. The highest BCUT2D eigenvalue weighted by atomic mass is 79.9. The van der Waals surface area contributed by atoms with E-state index in [2.05, 4.69) is 39.4 Å². The van der Waals surface area contributed by atoms with E-state index in [9.17, 15) is 0 Å². The SMILES string of the molecule is Brc1ccc2c(c1)OCCCC2NCCC1CCCO1. The van der Waals surface area contributed by atoms with Crippen LogP contribution >= 0.6 is 15.9 Å². The van der Waals surface area contributed by atoms with Gasteiger partial charge in [-0.3, -0.25) is 0 Å². The van der Waals surface area contributed by atoms with E-state index in [4.69, 9.17) is 9.47 Å². The summed E-state index contributed by atoms with van der Waals surface area (Å²) in [6.07, 6.45) is 6.26. The van der Waals surface area contributed by atoms with E-state index >= 15 is 0 Å². The molecule has 2 aliphatic heterocycles. The average Bonchev–Trinajstić information content (AvgIpc) is 2.87. The van der Waals surface area contributed by atoms with Crippen molar-refractivity contribution >= 4 is 15.9 Å². The molecule has 110 valence electrons. The van der Waals surface area contributed by atoms with Gasteiger partial charge in [0, 0.05) is 22.7 Å². The summed E-state index contributed by atoms with van der Waals surface area (Å²) in [5.74, 6) is 1.02. The van der Waals surface area contributed by atoms with Gasteiger partial charge < -0.3 is 14.8 Å². The van der Waals surface area contributed by atoms with Crippen LogP contribution in [-0.4, -0.2) is 25.9 Å². The van der Waals surface area contributed by atoms with Crippen molar-refractivity contribution in [2.24, 2.45) is 0 Å². The van der Waals surface area contributed by atoms with E-state index in [1.54, 1.807) is 0 Å². The summed E-state index contributed by atoms with van der Waals surface area (Å²) < 4.78 is 12.6. The lowest BCUT2D eigenvalue weighted by Gasteiger charge is -2.19. The van der Waals surface area contributed by atoms with Crippen LogP contribution < -0.4 is 10.1 Å². The monoisotopic (exact) mass is 339 g/mol. The molecule has 1 aromatic rings. The lowest BCUT2D eigenvalue weighted by atomic mass is 10.0. The quantitative estimate of drug-likeness (QED) is 0.904. The summed E-state index contributed by atoms with van der Waals surface area (Å²) in [6, 6.07) is 6.76. The Hall–Kier alpha value is -0.580. The second kappa shape index (κ2) is 6.92. The second-order valence-corrected chi connectivity index (χ2v) is 6.52. The van der Waals surface area contributed by atoms with E-state index in [0.29, 0.717) is 12.1 Å². The number of hydrogen-bond acceptors (Lipinski definition) is 3. The number of hydrogen-bond donors (Lipinski definition) is 1. The van der Waals surface area contributed by atoms with Crippen LogP contribution in [-0.2, 0) is 4.74 Å². The van der Waals surface area contributed by atoms with Crippen LogP contribution in [0.4, 0.5) is 0 Å². The van der Waals surface area contributed by atoms with Gasteiger partial charge in [0.25, 0.3) is 0 Å². The molecule has 20 heavy (non-hydrogen) atoms. The summed E-state index contributed by atoms with van der Waals surface area (Å²) in [5, 5.41) is 3.69. The summed E-state index contributed by atoms with van der Waals surface area (Å²) in [4.78, 5) is 0. The second-order valence-electron chi connectivity index (χ2n) is 5.60. The smallest absolute Gasteiger partial charge is 0.125 e. The Morgan fingerprint density at radius 3 is 2.95 bits per heavy atom. The van der Waals surface area contributed by atoms with Crippen LogP contribution in [0, 0.1) is 0 Å². The zero-order valence-electron chi connectivity index (χ0n) is 11.7. The van der Waals surface area contributed by atoms with E-state index in [-0.39, 0.29) is 0 Å². The van der Waals surface area contributed by atoms with Crippen molar-refractivity contribution in [1.29, 1.82) is 0 Å². The largest absolute Gasteiger partial charge is 0.493 e. The third-order valence-corrected chi connectivity index (χ3v) is 4.62. The van der Waals surface area contributed by atoms with Crippen molar-refractivity contribution in [3.63, 3.8) is 0 Å². The average molecular weight is 340 g/mol. The molecule has 0 radical (unpaired) electrons. The molecule has 1 N–H and O–H groups in total. The van der Waals surface area contributed by atoms with Crippen LogP contribution in [0.3, 0.4) is 0 Å². The first-order valence-corrected chi connectivity index (χ1v) is 8.39. The van der Waals surface area contributed by atoms with E-state index < -0.39 is 0 Å². The van der Waals surface area contributed by atoms with E-state index in [1.807, 2.05) is 0 Å². The highest BCUT2D eigenvalue weighted by Crippen LogP contribution is 2.33. The van der Waals surface area contributed by atoms with Crippen LogP contribution in [0.25, 0.3) is 0 Å². The Morgan fingerprint density at radius 2 is 2.10 bits per heavy atom. The molecule has 2 atom stereocenters. The Labute approximate surface area is 129 Å². The van der Waals surface area contributed by atoms with Gasteiger partial charge in [-0.25, -0.2) is 0 Å². The topological polar surface area (TPSA) is 30.5 Å². The predicted molar refractivity (Wildman–Crippen MR) is 83.2 cm³/mol. The van der Waals surface area contributed by atoms with Crippen LogP contribution in [0.5, 0.6) is 5.75 Å². The van der Waals surface area contributed by atoms with Crippen LogP contribution in [0.2, 0.25) is 0 Å². The maximum absolute atomic E-state index is 5.84. The summed E-state index contributed by atoms with van der Waals surface area (Å²) in [5.41, 5.74) is 1.29. The minimum absolute atomic E-state index is 0.405. The maximum atomic E-state index is 5.84. The minimum atomic E-state index is 0.405. The third-order valence-electron chi connectivity index (χ3n) is 4.13. The van der Waals surface area contributed by atoms with Gasteiger partial charge in [0.15, 0.2) is 0 Å². The summed E-state index contributed by atoms with van der Waals surface area (Å²) in [6.45, 7) is 2.77. The van der Waals surface area contributed by atoms with Crippen LogP contribution in [0.1, 0.15) is 43.7 Å². The Bertz CT molecular complexity index is 446. The fraction of sp³-hybridized carbons (Fsp3) is 0.625. The molecular formula is C16H22BrNO2. The molecule has 0 saturated carbocycles. The van der Waals surface area contributed by atoms with Crippen molar-refractivity contribution in [1.82, 2.24) is 5.32 Å². The van der Waals surface area contributed by atoms with Gasteiger partial charge in [0.1, 0.15) is 5.75 Å². The molecule has 3 rings (SSSR count). The highest BCUT2D eigenvalue weighted by Gasteiger charge is 2.21. The number of fused-ring (bicyclic) bond motifs is 1. The zero-order chi connectivity index (χ0) is 13.8. The normalized spacial score (nSPS) is 25.9. The standard InChI is InChI=1S/C16H22BrNO2/c17-12-5-6-14-15(4-2-10-20-16(14)11-12)18-8-7-13-3-1-9-19-13/h5-6,11,13,15,18H,1-4,7-10H2. The third kappa shape index (κ3) is 3.54. The van der Waals surface area contributed by atoms with Gasteiger partial charge in [0.05, 0.1) is 12.7 Å². The van der Waals surface area contributed by atoms with Gasteiger partial charge in [-0.15, -0.1) is 0 Å². The van der Waals surface area contributed by atoms with Crippen molar-refractivity contribution in [2.75, 3.05) is 19.8 Å². The highest BCUT2D eigenvalue weighted by molar-refractivity contribution is 9.10. The van der Waals surface area contributed by atoms with Crippen LogP contribution in [0.15, 0.2) is 22.7 Å². The number of halogens is 1. The van der Waals surface area contributed by atoms with Crippen molar-refractivity contribution in [3.05, 3.63) is 28.2 Å². The summed E-state index contributed by atoms with van der Waals surface area (Å²) >= 11 is 3.52. The molecule has 0 bridgehead atoms. The molecule has 1 saturated heterocycles.